The van der Waals surface area contributed by atoms with Crippen LogP contribution in [-0.4, -0.2) is 58.6 Å². The second-order valence-electron chi connectivity index (χ2n) is 4.12. The van der Waals surface area contributed by atoms with Crippen molar-refractivity contribution in [1.82, 2.24) is 25.5 Å². The molecule has 0 aromatic carbocycles. The van der Waals surface area contributed by atoms with Gasteiger partial charge in [0.15, 0.2) is 9.84 Å². The van der Waals surface area contributed by atoms with Crippen LogP contribution in [0.3, 0.4) is 0 Å². The maximum atomic E-state index is 11.6. The van der Waals surface area contributed by atoms with Crippen LogP contribution in [0.2, 0.25) is 0 Å². The number of carbonyl (C=O) groups excluding carboxylic acids is 1. The molecular formula is C8H14N6O3S. The number of nitrogens with one attached hydrogen (secondary N) is 2. The van der Waals surface area contributed by atoms with E-state index in [0.29, 0.717) is 6.54 Å². The van der Waals surface area contributed by atoms with Gasteiger partial charge in [-0.1, -0.05) is 5.10 Å². The van der Waals surface area contributed by atoms with Gasteiger partial charge in [0.2, 0.25) is 5.91 Å². The summed E-state index contributed by atoms with van der Waals surface area (Å²) in [5.74, 6) is -0.121. The molecule has 1 fully saturated rings. The van der Waals surface area contributed by atoms with E-state index >= 15 is 0 Å². The molecule has 18 heavy (non-hydrogen) atoms. The van der Waals surface area contributed by atoms with E-state index in [2.05, 4.69) is 26.0 Å². The summed E-state index contributed by atoms with van der Waals surface area (Å²) < 4.78 is 22.8. The number of aryl methyl sites for hydroxylation is 1. The van der Waals surface area contributed by atoms with E-state index in [1.54, 1.807) is 7.05 Å². The first-order valence-corrected chi connectivity index (χ1v) is 7.24. The van der Waals surface area contributed by atoms with E-state index in [1.165, 1.54) is 4.80 Å². The zero-order chi connectivity index (χ0) is 13.2. The Bertz CT molecular complexity index is 539. The third-order valence-corrected chi connectivity index (χ3v) is 4.23. The predicted octanol–water partition coefficient (Wildman–Crippen LogP) is -2.07. The SMILES string of the molecule is Cn1nnc(NC(=O)CC2CS(=O)(=O)CCN2)n1. The maximum Gasteiger partial charge on any atom is 0.270 e. The van der Waals surface area contributed by atoms with Crippen LogP contribution in [0, 0.1) is 0 Å². The average Bonchev–Trinajstić information content (AvgIpc) is 2.62. The second-order valence-corrected chi connectivity index (χ2v) is 6.35. The Labute approximate surface area is 104 Å². The fraction of sp³-hybridized carbons (Fsp3) is 0.750. The molecule has 1 atom stereocenters. The van der Waals surface area contributed by atoms with E-state index < -0.39 is 9.84 Å². The molecule has 1 unspecified atom stereocenters. The van der Waals surface area contributed by atoms with Crippen LogP contribution in [0.1, 0.15) is 6.42 Å². The van der Waals surface area contributed by atoms with Crippen molar-refractivity contribution < 1.29 is 13.2 Å². The molecule has 0 bridgehead atoms. The number of hydrogen-bond donors (Lipinski definition) is 2. The Morgan fingerprint density at radius 1 is 1.61 bits per heavy atom. The lowest BCUT2D eigenvalue weighted by molar-refractivity contribution is -0.116. The number of carbonyl (C=O) groups is 1. The first-order valence-electron chi connectivity index (χ1n) is 5.42. The van der Waals surface area contributed by atoms with Gasteiger partial charge in [0.05, 0.1) is 18.6 Å². The number of nitrogens with zero attached hydrogens (tertiary/aromatic N) is 4. The van der Waals surface area contributed by atoms with E-state index in [1.807, 2.05) is 0 Å². The zero-order valence-electron chi connectivity index (χ0n) is 9.83. The zero-order valence-corrected chi connectivity index (χ0v) is 10.6. The monoisotopic (exact) mass is 274 g/mol. The summed E-state index contributed by atoms with van der Waals surface area (Å²) in [5.41, 5.74) is 0. The highest BCUT2D eigenvalue weighted by Crippen LogP contribution is 2.06. The van der Waals surface area contributed by atoms with Gasteiger partial charge in [-0.25, -0.2) is 8.42 Å². The topological polar surface area (TPSA) is 119 Å². The fourth-order valence-electron chi connectivity index (χ4n) is 1.73. The van der Waals surface area contributed by atoms with Gasteiger partial charge in [0.25, 0.3) is 5.95 Å². The van der Waals surface area contributed by atoms with Crippen LogP contribution in [-0.2, 0) is 21.7 Å². The highest BCUT2D eigenvalue weighted by atomic mass is 32.2. The summed E-state index contributed by atoms with van der Waals surface area (Å²) >= 11 is 0. The Morgan fingerprint density at radius 3 is 3.00 bits per heavy atom. The van der Waals surface area contributed by atoms with Gasteiger partial charge < -0.3 is 5.32 Å². The summed E-state index contributed by atoms with van der Waals surface area (Å²) in [4.78, 5) is 12.9. The molecule has 1 saturated heterocycles. The highest BCUT2D eigenvalue weighted by molar-refractivity contribution is 7.91. The molecule has 2 rings (SSSR count). The van der Waals surface area contributed by atoms with Gasteiger partial charge in [-0.05, 0) is 5.21 Å². The predicted molar refractivity (Wildman–Crippen MR) is 62.5 cm³/mol. The van der Waals surface area contributed by atoms with Crippen LogP contribution < -0.4 is 10.6 Å². The minimum Gasteiger partial charge on any atom is -0.311 e. The summed E-state index contributed by atoms with van der Waals surface area (Å²) in [5, 5.41) is 16.4. The Morgan fingerprint density at radius 2 is 2.39 bits per heavy atom. The minimum absolute atomic E-state index is 0.0195. The third kappa shape index (κ3) is 3.47. The summed E-state index contributed by atoms with van der Waals surface area (Å²) in [6, 6.07) is -0.361. The van der Waals surface area contributed by atoms with Crippen molar-refractivity contribution in [3.05, 3.63) is 0 Å². The van der Waals surface area contributed by atoms with Crippen LogP contribution in [0.5, 0.6) is 0 Å². The van der Waals surface area contributed by atoms with Crippen LogP contribution in [0.15, 0.2) is 0 Å². The summed E-state index contributed by atoms with van der Waals surface area (Å²) in [7, 11) is -1.46. The Balaban J connectivity index is 1.88. The lowest BCUT2D eigenvalue weighted by Crippen LogP contribution is -2.46. The molecule has 0 radical (unpaired) electrons. The van der Waals surface area contributed by atoms with Gasteiger partial charge in [0.1, 0.15) is 0 Å². The molecule has 10 heteroatoms. The van der Waals surface area contributed by atoms with E-state index in [0.717, 1.165) is 0 Å². The maximum absolute atomic E-state index is 11.6. The van der Waals surface area contributed by atoms with Crippen molar-refractivity contribution in [2.75, 3.05) is 23.4 Å². The van der Waals surface area contributed by atoms with E-state index in [4.69, 9.17) is 0 Å². The number of sulfone groups is 1. The Hall–Kier alpha value is -1.55. The number of tetrazole rings is 1. The molecule has 100 valence electrons. The van der Waals surface area contributed by atoms with Gasteiger partial charge in [-0.15, -0.1) is 5.10 Å². The van der Waals surface area contributed by atoms with Crippen molar-refractivity contribution in [3.63, 3.8) is 0 Å². The molecule has 1 aromatic heterocycles. The van der Waals surface area contributed by atoms with Crippen LogP contribution in [0.4, 0.5) is 5.95 Å². The van der Waals surface area contributed by atoms with E-state index in [9.17, 15) is 13.2 Å². The van der Waals surface area contributed by atoms with Gasteiger partial charge in [-0.2, -0.15) is 4.80 Å². The highest BCUT2D eigenvalue weighted by Gasteiger charge is 2.26. The molecule has 1 aliphatic heterocycles. The standard InChI is InChI=1S/C8H14N6O3S/c1-14-12-8(11-13-14)10-7(15)4-6-5-18(16,17)3-2-9-6/h6,9H,2-5H2,1H3,(H,10,12,15). The minimum atomic E-state index is -3.04. The lowest BCUT2D eigenvalue weighted by Gasteiger charge is -2.22. The average molecular weight is 274 g/mol. The largest absolute Gasteiger partial charge is 0.311 e. The van der Waals surface area contributed by atoms with Crippen LogP contribution >= 0.6 is 0 Å². The number of hydrogen-bond acceptors (Lipinski definition) is 7. The van der Waals surface area contributed by atoms with Crippen molar-refractivity contribution in [1.29, 1.82) is 0 Å². The molecule has 1 aromatic rings. The number of amides is 1. The Kier molecular flexibility index (Phi) is 3.57. The first kappa shape index (κ1) is 12.9. The van der Waals surface area contributed by atoms with Crippen LogP contribution in [0.25, 0.3) is 0 Å². The molecule has 1 aliphatic rings. The molecule has 0 aliphatic carbocycles. The van der Waals surface area contributed by atoms with Gasteiger partial charge in [-0.3, -0.25) is 10.1 Å². The smallest absolute Gasteiger partial charge is 0.270 e. The number of anilines is 1. The van der Waals surface area contributed by atoms with Crippen molar-refractivity contribution in [2.45, 2.75) is 12.5 Å². The first-order chi connectivity index (χ1) is 8.44. The molecule has 1 amide bonds. The van der Waals surface area contributed by atoms with Gasteiger partial charge >= 0.3 is 0 Å². The van der Waals surface area contributed by atoms with E-state index in [-0.39, 0.29) is 35.8 Å². The number of rotatable bonds is 3. The molecule has 0 spiro atoms. The fourth-order valence-corrected chi connectivity index (χ4v) is 3.18. The van der Waals surface area contributed by atoms with Gasteiger partial charge in [0, 0.05) is 19.0 Å². The van der Waals surface area contributed by atoms with Crippen molar-refractivity contribution >= 4 is 21.7 Å². The quantitative estimate of drug-likeness (QED) is 0.649. The molecule has 0 saturated carbocycles. The normalized spacial score (nSPS) is 22.6. The van der Waals surface area contributed by atoms with Crippen molar-refractivity contribution in [2.24, 2.45) is 7.05 Å². The summed E-state index contributed by atoms with van der Waals surface area (Å²) in [6.45, 7) is 0.379. The third-order valence-electron chi connectivity index (χ3n) is 2.49. The second kappa shape index (κ2) is 4.98. The molecule has 2 heterocycles. The molecular weight excluding hydrogens is 260 g/mol. The molecule has 2 N–H and O–H groups in total. The van der Waals surface area contributed by atoms with Crippen molar-refractivity contribution in [3.8, 4) is 0 Å². The molecule has 9 nitrogen and oxygen atoms in total. The lowest BCUT2D eigenvalue weighted by atomic mass is 10.2. The summed E-state index contributed by atoms with van der Waals surface area (Å²) in [6.07, 6.45) is 0.0669. The number of aromatic nitrogens is 4.